The van der Waals surface area contributed by atoms with E-state index >= 15 is 0 Å². The van der Waals surface area contributed by atoms with Crippen molar-refractivity contribution in [1.29, 1.82) is 0 Å². The molecule has 4 heteroatoms. The molecule has 1 aromatic rings. The first-order valence-electron chi connectivity index (χ1n) is 17.6. The van der Waals surface area contributed by atoms with Gasteiger partial charge in [-0.15, -0.1) is 0 Å². The molecule has 6 rings (SSSR count). The lowest BCUT2D eigenvalue weighted by Crippen LogP contribution is -2.58. The van der Waals surface area contributed by atoms with Gasteiger partial charge in [0.15, 0.2) is 11.5 Å². The van der Waals surface area contributed by atoms with Gasteiger partial charge in [0.2, 0.25) is 0 Å². The maximum absolute atomic E-state index is 13.1. The molecule has 4 nitrogen and oxygen atoms in total. The highest BCUT2D eigenvalue weighted by molar-refractivity contribution is 5.87. The highest BCUT2D eigenvalue weighted by atomic mass is 16.5. The van der Waals surface area contributed by atoms with Crippen LogP contribution in [0.4, 0.5) is 0 Å². The van der Waals surface area contributed by atoms with Gasteiger partial charge in [-0.05, 0) is 154 Å². The number of rotatable bonds is 8. The number of phenols is 1. The monoisotopic (exact) mass is 602 g/mol. The number of aromatic hydroxyl groups is 1. The van der Waals surface area contributed by atoms with Crippen LogP contribution in [0.2, 0.25) is 0 Å². The van der Waals surface area contributed by atoms with E-state index in [9.17, 15) is 9.90 Å². The predicted octanol–water partition coefficient (Wildman–Crippen LogP) is 10.1. The standard InChI is InChI=1S/C40H58O4/c1-26(2)10-9-11-27(3)29-18-20-38(7)33-16-15-32-36(4,5)34(19-21-39(32)25-40(33,39)23-22-37(29,38)6)44-35(42)17-13-28-12-14-30(41)31(24-28)43-8/h10,12-14,17,24,27,29,32-34,41H,9,11,15-16,18-23,25H2,1-8H3/b17-13+. The highest BCUT2D eigenvalue weighted by Crippen LogP contribution is 2.89. The molecular weight excluding hydrogens is 544 g/mol. The van der Waals surface area contributed by atoms with Crippen molar-refractivity contribution in [3.63, 3.8) is 0 Å². The number of carbonyl (C=O) groups is 1. The van der Waals surface area contributed by atoms with Gasteiger partial charge in [0.1, 0.15) is 6.10 Å². The van der Waals surface area contributed by atoms with Crippen molar-refractivity contribution >= 4 is 12.0 Å². The Morgan fingerprint density at radius 2 is 1.70 bits per heavy atom. The largest absolute Gasteiger partial charge is 0.504 e. The predicted molar refractivity (Wildman–Crippen MR) is 178 cm³/mol. The van der Waals surface area contributed by atoms with E-state index in [4.69, 9.17) is 9.47 Å². The Kier molecular flexibility index (Phi) is 7.89. The third kappa shape index (κ3) is 4.62. The Labute approximate surface area is 267 Å². The summed E-state index contributed by atoms with van der Waals surface area (Å²) in [6.45, 7) is 17.2. The van der Waals surface area contributed by atoms with Crippen molar-refractivity contribution in [3.05, 3.63) is 41.5 Å². The summed E-state index contributed by atoms with van der Waals surface area (Å²) in [7, 11) is 1.53. The molecule has 0 aliphatic heterocycles. The van der Waals surface area contributed by atoms with E-state index in [-0.39, 0.29) is 23.2 Å². The van der Waals surface area contributed by atoms with Crippen LogP contribution in [0.15, 0.2) is 35.9 Å². The number of methoxy groups -OCH3 is 1. The average Bonchev–Trinajstić information content (AvgIpc) is 3.55. The molecule has 5 fully saturated rings. The average molecular weight is 603 g/mol. The van der Waals surface area contributed by atoms with Crippen LogP contribution in [0.1, 0.15) is 125 Å². The number of allylic oxidation sites excluding steroid dienone is 2. The SMILES string of the molecule is COc1cc(/C=C/C(=O)OC2CCC34CC35CCC3(C)C(C(C)CCC=C(C)C)CCC3(C)C5CCC4C2(C)C)ccc1O. The summed E-state index contributed by atoms with van der Waals surface area (Å²) >= 11 is 0. The first-order chi connectivity index (χ1) is 20.7. The minimum atomic E-state index is -0.276. The van der Waals surface area contributed by atoms with Crippen molar-refractivity contribution in [3.8, 4) is 11.5 Å². The van der Waals surface area contributed by atoms with Gasteiger partial charge in [0.25, 0.3) is 0 Å². The summed E-state index contributed by atoms with van der Waals surface area (Å²) in [6.07, 6.45) is 20.1. The van der Waals surface area contributed by atoms with Crippen LogP contribution < -0.4 is 4.74 Å². The molecule has 9 atom stereocenters. The molecule has 9 unspecified atom stereocenters. The van der Waals surface area contributed by atoms with Gasteiger partial charge in [0, 0.05) is 11.5 Å². The van der Waals surface area contributed by atoms with Crippen LogP contribution in [-0.4, -0.2) is 24.3 Å². The fourth-order valence-corrected chi connectivity index (χ4v) is 12.5. The van der Waals surface area contributed by atoms with E-state index in [0.29, 0.717) is 33.3 Å². The van der Waals surface area contributed by atoms with Gasteiger partial charge in [-0.2, -0.15) is 0 Å². The Bertz CT molecular complexity index is 1340. The van der Waals surface area contributed by atoms with Crippen LogP contribution >= 0.6 is 0 Å². The number of benzene rings is 1. The van der Waals surface area contributed by atoms with E-state index < -0.39 is 0 Å². The van der Waals surface area contributed by atoms with E-state index in [2.05, 4.69) is 54.5 Å². The molecule has 2 spiro atoms. The lowest BCUT2D eigenvalue weighted by molar-refractivity contribution is -0.179. The first-order valence-corrected chi connectivity index (χ1v) is 17.6. The quantitative estimate of drug-likeness (QED) is 0.183. The van der Waals surface area contributed by atoms with Crippen LogP contribution in [0.3, 0.4) is 0 Å². The van der Waals surface area contributed by atoms with Gasteiger partial charge in [-0.1, -0.05) is 52.3 Å². The smallest absolute Gasteiger partial charge is 0.331 e. The minimum absolute atomic E-state index is 0.0305. The number of fused-ring (bicyclic) bond motifs is 2. The van der Waals surface area contributed by atoms with Crippen LogP contribution in [0.25, 0.3) is 6.08 Å². The normalized spacial score (nSPS) is 40.6. The second-order valence-electron chi connectivity index (χ2n) is 17.0. The molecule has 1 N–H and O–H groups in total. The fraction of sp³-hybridized carbons (Fsp3) is 0.725. The molecule has 0 heterocycles. The lowest BCUT2D eigenvalue weighted by Gasteiger charge is -2.63. The molecule has 0 radical (unpaired) electrons. The zero-order chi connectivity index (χ0) is 31.7. The van der Waals surface area contributed by atoms with Gasteiger partial charge in [-0.25, -0.2) is 4.79 Å². The number of hydrogen-bond donors (Lipinski definition) is 1. The van der Waals surface area contributed by atoms with Crippen LogP contribution in [0.5, 0.6) is 11.5 Å². The maximum Gasteiger partial charge on any atom is 0.331 e. The second kappa shape index (κ2) is 10.9. The zero-order valence-electron chi connectivity index (χ0n) is 28.8. The van der Waals surface area contributed by atoms with E-state index in [1.54, 1.807) is 24.3 Å². The third-order valence-electron chi connectivity index (χ3n) is 14.8. The molecule has 0 bridgehead atoms. The Morgan fingerprint density at radius 3 is 2.43 bits per heavy atom. The van der Waals surface area contributed by atoms with E-state index in [1.807, 2.05) is 0 Å². The van der Waals surface area contributed by atoms with Gasteiger partial charge >= 0.3 is 5.97 Å². The molecule has 0 saturated heterocycles. The van der Waals surface area contributed by atoms with Gasteiger partial charge in [-0.3, -0.25) is 0 Å². The van der Waals surface area contributed by atoms with Gasteiger partial charge < -0.3 is 14.6 Å². The minimum Gasteiger partial charge on any atom is -0.504 e. The number of ether oxygens (including phenoxy) is 2. The molecule has 5 aliphatic carbocycles. The molecule has 44 heavy (non-hydrogen) atoms. The van der Waals surface area contributed by atoms with Crippen LogP contribution in [0, 0.1) is 50.7 Å². The number of esters is 1. The number of phenolic OH excluding ortho intramolecular Hbond substituents is 1. The lowest BCUT2D eigenvalue weighted by atomic mass is 9.41. The molecule has 5 saturated carbocycles. The molecule has 0 aromatic heterocycles. The molecule has 1 aromatic carbocycles. The summed E-state index contributed by atoms with van der Waals surface area (Å²) in [5.74, 6) is 3.33. The van der Waals surface area contributed by atoms with Crippen molar-refractivity contribution in [1.82, 2.24) is 0 Å². The van der Waals surface area contributed by atoms with E-state index in [0.717, 1.165) is 29.7 Å². The molecule has 5 aliphatic rings. The van der Waals surface area contributed by atoms with Crippen LogP contribution in [-0.2, 0) is 9.53 Å². The maximum atomic E-state index is 13.1. The number of carbonyl (C=O) groups excluding carboxylic acids is 1. The third-order valence-corrected chi connectivity index (χ3v) is 14.8. The zero-order valence-corrected chi connectivity index (χ0v) is 28.8. The molecular formula is C40H58O4. The summed E-state index contributed by atoms with van der Waals surface area (Å²) < 4.78 is 11.4. The topological polar surface area (TPSA) is 55.8 Å². The van der Waals surface area contributed by atoms with Gasteiger partial charge in [0.05, 0.1) is 7.11 Å². The van der Waals surface area contributed by atoms with E-state index in [1.165, 1.54) is 83.0 Å². The van der Waals surface area contributed by atoms with Crippen molar-refractivity contribution in [2.45, 2.75) is 125 Å². The summed E-state index contributed by atoms with van der Waals surface area (Å²) in [5.41, 5.74) is 4.08. The highest BCUT2D eigenvalue weighted by Gasteiger charge is 2.82. The Hall–Kier alpha value is -2.23. The fourth-order valence-electron chi connectivity index (χ4n) is 12.5. The summed E-state index contributed by atoms with van der Waals surface area (Å²) in [6, 6.07) is 5.09. The number of hydrogen-bond acceptors (Lipinski definition) is 4. The molecule has 242 valence electrons. The first kappa shape index (κ1) is 31.7. The van der Waals surface area contributed by atoms with Crippen molar-refractivity contribution in [2.75, 3.05) is 7.11 Å². The second-order valence-corrected chi connectivity index (χ2v) is 17.0. The summed E-state index contributed by atoms with van der Waals surface area (Å²) in [4.78, 5) is 13.1. The van der Waals surface area contributed by atoms with Crippen molar-refractivity contribution in [2.24, 2.45) is 50.7 Å². The Balaban J connectivity index is 1.15. The van der Waals surface area contributed by atoms with Crippen molar-refractivity contribution < 1.29 is 19.4 Å². The Morgan fingerprint density at radius 1 is 0.977 bits per heavy atom. The summed E-state index contributed by atoms with van der Waals surface area (Å²) in [5, 5.41) is 9.88. The molecule has 0 amide bonds.